The zero-order chi connectivity index (χ0) is 18.4. The van der Waals surface area contributed by atoms with Gasteiger partial charge in [-0.3, -0.25) is 9.59 Å². The lowest BCUT2D eigenvalue weighted by atomic mass is 9.99. The van der Waals surface area contributed by atoms with Crippen molar-refractivity contribution >= 4 is 27.7 Å². The third kappa shape index (κ3) is 2.52. The van der Waals surface area contributed by atoms with Crippen LogP contribution in [0.2, 0.25) is 0 Å². The number of nitrogens with zero attached hydrogens (tertiary/aromatic N) is 4. The number of carbonyl (C=O) groups excluding carboxylic acids is 1. The Morgan fingerprint density at radius 3 is 2.62 bits per heavy atom. The van der Waals surface area contributed by atoms with Gasteiger partial charge in [-0.15, -0.1) is 0 Å². The molecule has 1 amide bonds. The van der Waals surface area contributed by atoms with Crippen molar-refractivity contribution in [2.24, 2.45) is 13.0 Å². The van der Waals surface area contributed by atoms with Crippen LogP contribution in [0, 0.1) is 5.92 Å². The molecule has 2 aromatic heterocycles. The fourth-order valence-corrected chi connectivity index (χ4v) is 3.99. The van der Waals surface area contributed by atoms with Crippen LogP contribution < -0.4 is 5.56 Å². The van der Waals surface area contributed by atoms with E-state index in [1.165, 1.54) is 4.68 Å². The van der Waals surface area contributed by atoms with E-state index in [4.69, 9.17) is 0 Å². The van der Waals surface area contributed by atoms with Crippen LogP contribution in [-0.2, 0) is 11.8 Å². The Balaban J connectivity index is 1.88. The van der Waals surface area contributed by atoms with Gasteiger partial charge < -0.3 is 9.47 Å². The molecule has 3 aromatic rings. The van der Waals surface area contributed by atoms with Gasteiger partial charge in [0.05, 0.1) is 11.7 Å². The van der Waals surface area contributed by atoms with E-state index in [1.54, 1.807) is 13.2 Å². The molecule has 1 aromatic carbocycles. The molecule has 3 heterocycles. The van der Waals surface area contributed by atoms with Crippen molar-refractivity contribution in [1.82, 2.24) is 19.2 Å². The number of amides is 1. The first-order chi connectivity index (χ1) is 12.5. The number of carbonyl (C=O) groups is 1. The van der Waals surface area contributed by atoms with Gasteiger partial charge >= 0.3 is 0 Å². The van der Waals surface area contributed by atoms with E-state index in [0.717, 1.165) is 42.2 Å². The molecule has 1 atom stereocenters. The first kappa shape index (κ1) is 16.8. The van der Waals surface area contributed by atoms with Crippen molar-refractivity contribution in [3.8, 4) is 0 Å². The second-order valence-electron chi connectivity index (χ2n) is 7.41. The van der Waals surface area contributed by atoms with Gasteiger partial charge in [0.1, 0.15) is 11.6 Å². The van der Waals surface area contributed by atoms with Crippen LogP contribution in [0.4, 0.5) is 0 Å². The van der Waals surface area contributed by atoms with Crippen LogP contribution in [0.25, 0.3) is 21.8 Å². The third-order valence-corrected chi connectivity index (χ3v) is 5.65. The minimum absolute atomic E-state index is 0.0819. The van der Waals surface area contributed by atoms with Gasteiger partial charge in [-0.1, -0.05) is 25.1 Å². The largest absolute Gasteiger partial charge is 0.341 e. The van der Waals surface area contributed by atoms with Crippen molar-refractivity contribution in [2.75, 3.05) is 13.1 Å². The number of hydrogen-bond acceptors (Lipinski definition) is 3. The predicted octanol–water partition coefficient (Wildman–Crippen LogP) is 2.71. The average molecular weight is 352 g/mol. The van der Waals surface area contributed by atoms with Crippen molar-refractivity contribution in [3.63, 3.8) is 0 Å². The van der Waals surface area contributed by atoms with E-state index >= 15 is 0 Å². The Morgan fingerprint density at radius 2 is 1.88 bits per heavy atom. The van der Waals surface area contributed by atoms with Gasteiger partial charge in [0.15, 0.2) is 0 Å². The van der Waals surface area contributed by atoms with Gasteiger partial charge in [-0.2, -0.15) is 5.10 Å². The number of aryl methyl sites for hydroxylation is 1. The average Bonchev–Trinajstić information content (AvgIpc) is 2.99. The van der Waals surface area contributed by atoms with E-state index in [-0.39, 0.29) is 11.5 Å². The molecule has 1 saturated heterocycles. The smallest absolute Gasteiger partial charge is 0.291 e. The SMILES string of the molecule is CC1CCN(C(=O)C(C)n2c3ccccc3c3cnn(C)c(=O)c32)CC1. The van der Waals surface area contributed by atoms with Crippen molar-refractivity contribution in [2.45, 2.75) is 32.7 Å². The van der Waals surface area contributed by atoms with E-state index in [2.05, 4.69) is 12.0 Å². The third-order valence-electron chi connectivity index (χ3n) is 5.65. The van der Waals surface area contributed by atoms with E-state index in [1.807, 2.05) is 40.7 Å². The molecule has 6 heteroatoms. The Morgan fingerprint density at radius 1 is 1.19 bits per heavy atom. The Bertz CT molecular complexity index is 1040. The van der Waals surface area contributed by atoms with Gasteiger partial charge in [-0.05, 0) is 31.7 Å². The fraction of sp³-hybridized carbons (Fsp3) is 0.450. The monoisotopic (exact) mass is 352 g/mol. The molecule has 0 bridgehead atoms. The van der Waals surface area contributed by atoms with Crippen molar-refractivity contribution in [1.29, 1.82) is 0 Å². The Kier molecular flexibility index (Phi) is 4.05. The van der Waals surface area contributed by atoms with Crippen LogP contribution in [0.3, 0.4) is 0 Å². The number of rotatable bonds is 2. The Labute approximate surface area is 152 Å². The maximum atomic E-state index is 13.2. The molecule has 0 saturated carbocycles. The van der Waals surface area contributed by atoms with Crippen LogP contribution in [-0.4, -0.2) is 38.2 Å². The molecule has 0 aliphatic carbocycles. The number of aromatic nitrogens is 3. The summed E-state index contributed by atoms with van der Waals surface area (Å²) in [4.78, 5) is 27.9. The highest BCUT2D eigenvalue weighted by atomic mass is 16.2. The maximum Gasteiger partial charge on any atom is 0.291 e. The quantitative estimate of drug-likeness (QED) is 0.712. The summed E-state index contributed by atoms with van der Waals surface area (Å²) in [7, 11) is 1.64. The molecule has 136 valence electrons. The molecule has 1 aliphatic rings. The highest BCUT2D eigenvalue weighted by Crippen LogP contribution is 2.30. The lowest BCUT2D eigenvalue weighted by Crippen LogP contribution is -2.41. The molecular weight excluding hydrogens is 328 g/mol. The van der Waals surface area contributed by atoms with Crippen molar-refractivity contribution in [3.05, 3.63) is 40.8 Å². The first-order valence-electron chi connectivity index (χ1n) is 9.22. The van der Waals surface area contributed by atoms with Gasteiger partial charge in [0, 0.05) is 30.9 Å². The van der Waals surface area contributed by atoms with Gasteiger partial charge in [0.25, 0.3) is 5.56 Å². The summed E-state index contributed by atoms with van der Waals surface area (Å²) in [5.74, 6) is 0.749. The minimum Gasteiger partial charge on any atom is -0.341 e. The van der Waals surface area contributed by atoms with Gasteiger partial charge in [-0.25, -0.2) is 4.68 Å². The first-order valence-corrected chi connectivity index (χ1v) is 9.22. The van der Waals surface area contributed by atoms with Crippen LogP contribution in [0.5, 0.6) is 0 Å². The number of fused-ring (bicyclic) bond motifs is 3. The topological polar surface area (TPSA) is 60.1 Å². The summed E-state index contributed by atoms with van der Waals surface area (Å²) < 4.78 is 3.23. The standard InChI is InChI=1S/C20H24N4O2/c1-13-8-10-23(11-9-13)19(25)14(2)24-17-7-5-4-6-15(17)16-12-21-22(3)20(26)18(16)24/h4-7,12-14H,8-11H2,1-3H3. The van der Waals surface area contributed by atoms with E-state index in [0.29, 0.717) is 11.4 Å². The number of likely N-dealkylation sites (tertiary alicyclic amines) is 1. The summed E-state index contributed by atoms with van der Waals surface area (Å²) in [6, 6.07) is 7.41. The molecule has 0 radical (unpaired) electrons. The molecule has 26 heavy (non-hydrogen) atoms. The molecule has 6 nitrogen and oxygen atoms in total. The highest BCUT2D eigenvalue weighted by molar-refractivity contribution is 6.08. The highest BCUT2D eigenvalue weighted by Gasteiger charge is 2.28. The summed E-state index contributed by atoms with van der Waals surface area (Å²) >= 11 is 0. The fourth-order valence-electron chi connectivity index (χ4n) is 3.99. The second kappa shape index (κ2) is 6.27. The zero-order valence-corrected chi connectivity index (χ0v) is 15.5. The lowest BCUT2D eigenvalue weighted by Gasteiger charge is -2.32. The van der Waals surface area contributed by atoms with Crippen LogP contribution >= 0.6 is 0 Å². The molecule has 1 aliphatic heterocycles. The van der Waals surface area contributed by atoms with Crippen LogP contribution in [0.15, 0.2) is 35.3 Å². The summed E-state index contributed by atoms with van der Waals surface area (Å²) in [5.41, 5.74) is 1.28. The van der Waals surface area contributed by atoms with Crippen LogP contribution in [0.1, 0.15) is 32.7 Å². The Hall–Kier alpha value is -2.63. The normalized spacial score (nSPS) is 17.1. The van der Waals surface area contributed by atoms with E-state index in [9.17, 15) is 9.59 Å². The number of benzene rings is 1. The maximum absolute atomic E-state index is 13.2. The number of hydrogen-bond donors (Lipinski definition) is 0. The predicted molar refractivity (Wildman–Crippen MR) is 102 cm³/mol. The summed E-state index contributed by atoms with van der Waals surface area (Å²) in [6.07, 6.45) is 3.80. The summed E-state index contributed by atoms with van der Waals surface area (Å²) in [5, 5.41) is 5.93. The zero-order valence-electron chi connectivity index (χ0n) is 15.5. The molecule has 1 fully saturated rings. The molecular formula is C20H24N4O2. The second-order valence-corrected chi connectivity index (χ2v) is 7.41. The van der Waals surface area contributed by atoms with E-state index < -0.39 is 6.04 Å². The minimum atomic E-state index is -0.430. The summed E-state index contributed by atoms with van der Waals surface area (Å²) in [6.45, 7) is 5.71. The van der Waals surface area contributed by atoms with Gasteiger partial charge in [0.2, 0.25) is 5.91 Å². The number of para-hydroxylation sites is 1. The molecule has 0 spiro atoms. The molecule has 1 unspecified atom stereocenters. The number of piperidine rings is 1. The van der Waals surface area contributed by atoms with Crippen molar-refractivity contribution < 1.29 is 4.79 Å². The lowest BCUT2D eigenvalue weighted by molar-refractivity contribution is -0.135. The molecule has 4 rings (SSSR count). The molecule has 0 N–H and O–H groups in total.